The van der Waals surface area contributed by atoms with E-state index in [9.17, 15) is 0 Å². The van der Waals surface area contributed by atoms with Crippen molar-refractivity contribution in [1.82, 2.24) is 4.98 Å². The summed E-state index contributed by atoms with van der Waals surface area (Å²) in [7, 11) is 0. The average Bonchev–Trinajstić information content (AvgIpc) is 2.15. The second-order valence-corrected chi connectivity index (χ2v) is 3.49. The molecular formula is C6H9NOS. The highest BCUT2D eigenvalue weighted by Gasteiger charge is 1.99. The molecule has 0 aromatic carbocycles. The van der Waals surface area contributed by atoms with Crippen LogP contribution in [0.4, 0.5) is 0 Å². The summed E-state index contributed by atoms with van der Waals surface area (Å²) in [6, 6.07) is 0. The zero-order valence-electron chi connectivity index (χ0n) is 5.50. The summed E-state index contributed by atoms with van der Waals surface area (Å²) < 4.78 is 5.00. The van der Waals surface area contributed by atoms with Gasteiger partial charge in [0.05, 0.1) is 6.20 Å². The van der Waals surface area contributed by atoms with E-state index < -0.39 is 0 Å². The molecule has 3 heteroatoms. The Morgan fingerprint density at radius 3 is 2.89 bits per heavy atom. The predicted octanol–water partition coefficient (Wildman–Crippen LogP) is 2.18. The highest BCUT2D eigenvalue weighted by Crippen LogP contribution is 2.19. The Morgan fingerprint density at radius 1 is 1.67 bits per heavy atom. The van der Waals surface area contributed by atoms with Crippen molar-refractivity contribution in [3.63, 3.8) is 0 Å². The molecule has 0 saturated carbocycles. The van der Waals surface area contributed by atoms with Gasteiger partial charge in [-0.15, -0.1) is 0 Å². The first-order valence-corrected chi connectivity index (χ1v) is 3.73. The maximum absolute atomic E-state index is 5.00. The Kier molecular flexibility index (Phi) is 2.16. The van der Waals surface area contributed by atoms with Crippen LogP contribution in [0.5, 0.6) is 0 Å². The Labute approximate surface area is 58.7 Å². The number of hydrogen-bond acceptors (Lipinski definition) is 3. The van der Waals surface area contributed by atoms with Crippen LogP contribution in [0.2, 0.25) is 0 Å². The van der Waals surface area contributed by atoms with E-state index in [0.29, 0.717) is 5.25 Å². The summed E-state index contributed by atoms with van der Waals surface area (Å²) >= 11 is 1.63. The lowest BCUT2D eigenvalue weighted by atomic mass is 10.6. The lowest BCUT2D eigenvalue weighted by molar-refractivity contribution is 0.453. The van der Waals surface area contributed by atoms with Crippen molar-refractivity contribution in [2.24, 2.45) is 0 Å². The summed E-state index contributed by atoms with van der Waals surface area (Å²) in [6.45, 7) is 4.21. The molecule has 0 saturated heterocycles. The van der Waals surface area contributed by atoms with E-state index in [1.54, 1.807) is 24.2 Å². The van der Waals surface area contributed by atoms with E-state index in [1.165, 1.54) is 0 Å². The number of aromatic nitrogens is 1. The lowest BCUT2D eigenvalue weighted by Gasteiger charge is -1.96. The van der Waals surface area contributed by atoms with Gasteiger partial charge in [0.25, 0.3) is 5.22 Å². The van der Waals surface area contributed by atoms with Crippen LogP contribution < -0.4 is 0 Å². The first kappa shape index (κ1) is 6.68. The summed E-state index contributed by atoms with van der Waals surface area (Å²) in [5.74, 6) is 0. The molecule has 1 rings (SSSR count). The van der Waals surface area contributed by atoms with Crippen LogP contribution >= 0.6 is 11.8 Å². The standard InChI is InChI=1S/C6H9NOS/c1-5(2)9-6-7-3-4-8-6/h3-5H,1-2H3. The van der Waals surface area contributed by atoms with Crippen LogP contribution in [0.3, 0.4) is 0 Å². The zero-order chi connectivity index (χ0) is 6.69. The molecular weight excluding hydrogens is 134 g/mol. The number of oxazole rings is 1. The van der Waals surface area contributed by atoms with Gasteiger partial charge in [0.15, 0.2) is 0 Å². The van der Waals surface area contributed by atoms with Gasteiger partial charge in [0, 0.05) is 5.25 Å². The summed E-state index contributed by atoms with van der Waals surface area (Å²) in [4.78, 5) is 3.95. The predicted molar refractivity (Wildman–Crippen MR) is 37.5 cm³/mol. The van der Waals surface area contributed by atoms with Crippen LogP contribution in [0.25, 0.3) is 0 Å². The molecule has 0 aliphatic heterocycles. The van der Waals surface area contributed by atoms with E-state index in [0.717, 1.165) is 5.22 Å². The van der Waals surface area contributed by atoms with Crippen molar-refractivity contribution >= 4 is 11.8 Å². The van der Waals surface area contributed by atoms with Crippen molar-refractivity contribution in [1.29, 1.82) is 0 Å². The van der Waals surface area contributed by atoms with Crippen molar-refractivity contribution in [2.75, 3.05) is 0 Å². The fourth-order valence-corrected chi connectivity index (χ4v) is 1.11. The molecule has 2 nitrogen and oxygen atoms in total. The van der Waals surface area contributed by atoms with Gasteiger partial charge in [-0.05, 0) is 0 Å². The molecule has 0 bridgehead atoms. The van der Waals surface area contributed by atoms with E-state index in [1.807, 2.05) is 0 Å². The molecule has 0 radical (unpaired) electrons. The fraction of sp³-hybridized carbons (Fsp3) is 0.500. The summed E-state index contributed by atoms with van der Waals surface area (Å²) in [5, 5.41) is 1.30. The third-order valence-corrected chi connectivity index (χ3v) is 1.62. The van der Waals surface area contributed by atoms with Gasteiger partial charge in [-0.3, -0.25) is 0 Å². The Balaban J connectivity index is 2.48. The fourth-order valence-electron chi connectivity index (χ4n) is 0.470. The quantitative estimate of drug-likeness (QED) is 0.593. The molecule has 0 aliphatic carbocycles. The molecule has 9 heavy (non-hydrogen) atoms. The second kappa shape index (κ2) is 2.92. The van der Waals surface area contributed by atoms with E-state index in [2.05, 4.69) is 18.8 Å². The average molecular weight is 143 g/mol. The first-order valence-electron chi connectivity index (χ1n) is 2.85. The van der Waals surface area contributed by atoms with Crippen molar-refractivity contribution < 1.29 is 4.42 Å². The van der Waals surface area contributed by atoms with Crippen LogP contribution in [0, 0.1) is 0 Å². The van der Waals surface area contributed by atoms with Gasteiger partial charge >= 0.3 is 0 Å². The third-order valence-electron chi connectivity index (χ3n) is 0.746. The van der Waals surface area contributed by atoms with Crippen molar-refractivity contribution in [2.45, 2.75) is 24.3 Å². The molecule has 0 unspecified atom stereocenters. The monoisotopic (exact) mass is 143 g/mol. The minimum atomic E-state index is 0.545. The second-order valence-electron chi connectivity index (χ2n) is 1.96. The SMILES string of the molecule is CC(C)Sc1ncco1. The van der Waals surface area contributed by atoms with E-state index in [4.69, 9.17) is 4.42 Å². The maximum Gasteiger partial charge on any atom is 0.255 e. The molecule has 0 N–H and O–H groups in total. The van der Waals surface area contributed by atoms with E-state index in [-0.39, 0.29) is 0 Å². The maximum atomic E-state index is 5.00. The highest BCUT2D eigenvalue weighted by atomic mass is 32.2. The normalized spacial score (nSPS) is 10.6. The molecule has 0 atom stereocenters. The lowest BCUT2D eigenvalue weighted by Crippen LogP contribution is -1.84. The molecule has 1 aromatic rings. The molecule has 50 valence electrons. The molecule has 0 amide bonds. The van der Waals surface area contributed by atoms with Gasteiger partial charge in [0.2, 0.25) is 0 Å². The highest BCUT2D eigenvalue weighted by molar-refractivity contribution is 7.99. The Morgan fingerprint density at radius 2 is 2.44 bits per heavy atom. The smallest absolute Gasteiger partial charge is 0.255 e. The molecule has 0 fully saturated rings. The van der Waals surface area contributed by atoms with Gasteiger partial charge < -0.3 is 4.42 Å². The van der Waals surface area contributed by atoms with Crippen LogP contribution in [0.15, 0.2) is 22.1 Å². The van der Waals surface area contributed by atoms with E-state index >= 15 is 0 Å². The minimum Gasteiger partial charge on any atom is -0.440 e. The van der Waals surface area contributed by atoms with Crippen LogP contribution in [-0.4, -0.2) is 10.2 Å². The number of nitrogens with zero attached hydrogens (tertiary/aromatic N) is 1. The number of hydrogen-bond donors (Lipinski definition) is 0. The van der Waals surface area contributed by atoms with Gasteiger partial charge in [-0.25, -0.2) is 4.98 Å². The van der Waals surface area contributed by atoms with Crippen molar-refractivity contribution in [3.8, 4) is 0 Å². The van der Waals surface area contributed by atoms with Gasteiger partial charge in [-0.1, -0.05) is 25.6 Å². The van der Waals surface area contributed by atoms with Crippen molar-refractivity contribution in [3.05, 3.63) is 12.5 Å². The van der Waals surface area contributed by atoms with Crippen LogP contribution in [0.1, 0.15) is 13.8 Å². The largest absolute Gasteiger partial charge is 0.440 e. The van der Waals surface area contributed by atoms with Gasteiger partial charge in [0.1, 0.15) is 6.26 Å². The third kappa shape index (κ3) is 2.10. The number of thioether (sulfide) groups is 1. The Bertz CT molecular complexity index is 160. The molecule has 1 aromatic heterocycles. The minimum absolute atomic E-state index is 0.545. The Hall–Kier alpha value is -0.440. The topological polar surface area (TPSA) is 26.0 Å². The molecule has 1 heterocycles. The number of rotatable bonds is 2. The van der Waals surface area contributed by atoms with Gasteiger partial charge in [-0.2, -0.15) is 0 Å². The molecule has 0 spiro atoms. The zero-order valence-corrected chi connectivity index (χ0v) is 6.31. The first-order chi connectivity index (χ1) is 4.29. The summed E-state index contributed by atoms with van der Waals surface area (Å²) in [6.07, 6.45) is 3.25. The van der Waals surface area contributed by atoms with Crippen LogP contribution in [-0.2, 0) is 0 Å². The molecule has 0 aliphatic rings. The summed E-state index contributed by atoms with van der Waals surface area (Å²) in [5.41, 5.74) is 0.